The van der Waals surface area contributed by atoms with Gasteiger partial charge in [-0.1, -0.05) is 0 Å². The lowest BCUT2D eigenvalue weighted by Crippen LogP contribution is -2.30. The van der Waals surface area contributed by atoms with Crippen LogP contribution in [0.1, 0.15) is 36.3 Å². The molecule has 1 aliphatic heterocycles. The molecule has 112 valence electrons. The van der Waals surface area contributed by atoms with E-state index in [1.165, 1.54) is 36.3 Å². The van der Waals surface area contributed by atoms with Crippen molar-refractivity contribution in [2.24, 2.45) is 5.92 Å². The molecule has 20 heavy (non-hydrogen) atoms. The van der Waals surface area contributed by atoms with E-state index in [0.717, 1.165) is 37.5 Å². The normalized spacial score (nSPS) is 23.0. The van der Waals surface area contributed by atoms with Gasteiger partial charge in [-0.3, -0.25) is 0 Å². The number of anilines is 1. The number of thiazole rings is 1. The molecule has 0 radical (unpaired) electrons. The molecule has 2 aliphatic rings. The summed E-state index contributed by atoms with van der Waals surface area (Å²) in [5, 5.41) is 4.73. The van der Waals surface area contributed by atoms with Gasteiger partial charge in [0.25, 0.3) is 0 Å². The third-order valence-corrected chi connectivity index (χ3v) is 5.39. The van der Waals surface area contributed by atoms with Crippen LogP contribution < -0.4 is 10.2 Å². The molecular weight excluding hydrogens is 270 g/mol. The van der Waals surface area contributed by atoms with Crippen LogP contribution >= 0.6 is 11.3 Å². The van der Waals surface area contributed by atoms with Gasteiger partial charge < -0.3 is 15.0 Å². The van der Waals surface area contributed by atoms with Crippen LogP contribution in [0.4, 0.5) is 5.13 Å². The second-order valence-electron chi connectivity index (χ2n) is 6.12. The van der Waals surface area contributed by atoms with Crippen LogP contribution in [0, 0.1) is 12.8 Å². The van der Waals surface area contributed by atoms with Gasteiger partial charge in [0.2, 0.25) is 0 Å². The minimum atomic E-state index is 0.658. The first-order valence-corrected chi connectivity index (χ1v) is 8.52. The van der Waals surface area contributed by atoms with E-state index in [4.69, 9.17) is 9.72 Å². The number of nitrogens with one attached hydrogen (secondary N) is 1. The number of ether oxygens (including phenoxy) is 1. The second-order valence-corrected chi connectivity index (χ2v) is 7.19. The van der Waals surface area contributed by atoms with Crippen LogP contribution in [-0.4, -0.2) is 37.8 Å². The highest BCUT2D eigenvalue weighted by Gasteiger charge is 2.22. The van der Waals surface area contributed by atoms with Gasteiger partial charge in [0.1, 0.15) is 0 Å². The van der Waals surface area contributed by atoms with E-state index in [1.54, 1.807) is 0 Å². The van der Waals surface area contributed by atoms with Crippen LogP contribution in [0.5, 0.6) is 0 Å². The highest BCUT2D eigenvalue weighted by Crippen LogP contribution is 2.28. The summed E-state index contributed by atoms with van der Waals surface area (Å²) in [6.07, 6.45) is 5.16. The predicted molar refractivity (Wildman–Crippen MR) is 83.5 cm³/mol. The number of rotatable bonds is 6. The molecule has 2 fully saturated rings. The lowest BCUT2D eigenvalue weighted by molar-refractivity contribution is 0.0576. The minimum absolute atomic E-state index is 0.658. The van der Waals surface area contributed by atoms with Crippen molar-refractivity contribution in [3.8, 4) is 0 Å². The average molecular weight is 295 g/mol. The number of hydrogen-bond donors (Lipinski definition) is 1. The Labute approximate surface area is 125 Å². The van der Waals surface area contributed by atoms with Crippen molar-refractivity contribution in [3.63, 3.8) is 0 Å². The van der Waals surface area contributed by atoms with Crippen molar-refractivity contribution >= 4 is 16.5 Å². The number of aryl methyl sites for hydroxylation is 1. The van der Waals surface area contributed by atoms with Gasteiger partial charge in [0.15, 0.2) is 5.13 Å². The van der Waals surface area contributed by atoms with E-state index < -0.39 is 0 Å². The topological polar surface area (TPSA) is 37.4 Å². The molecule has 0 amide bonds. The molecule has 0 bridgehead atoms. The van der Waals surface area contributed by atoms with E-state index in [1.807, 2.05) is 11.3 Å². The summed E-state index contributed by atoms with van der Waals surface area (Å²) < 4.78 is 5.57. The average Bonchev–Trinajstić information content (AvgIpc) is 3.20. The Hall–Kier alpha value is -0.650. The summed E-state index contributed by atoms with van der Waals surface area (Å²) in [5.74, 6) is 0.658. The van der Waals surface area contributed by atoms with Gasteiger partial charge in [0, 0.05) is 37.7 Å². The van der Waals surface area contributed by atoms with Gasteiger partial charge in [-0.15, -0.1) is 11.3 Å². The van der Waals surface area contributed by atoms with E-state index >= 15 is 0 Å². The first kappa shape index (κ1) is 14.3. The first-order valence-electron chi connectivity index (χ1n) is 7.71. The lowest BCUT2D eigenvalue weighted by Gasteiger charge is -2.26. The third-order valence-electron chi connectivity index (χ3n) is 4.12. The summed E-state index contributed by atoms with van der Waals surface area (Å²) >= 11 is 1.84. The Morgan fingerprint density at radius 1 is 1.40 bits per heavy atom. The Balaban J connectivity index is 1.55. The molecule has 0 spiro atoms. The van der Waals surface area contributed by atoms with E-state index in [0.29, 0.717) is 5.92 Å². The SMILES string of the molecule is Cc1nc(N(C)CC2CCCOC2)sc1CNC1CC1. The molecule has 1 N–H and O–H groups in total. The second kappa shape index (κ2) is 6.41. The zero-order valence-electron chi connectivity index (χ0n) is 12.5. The predicted octanol–water partition coefficient (Wildman–Crippen LogP) is 2.57. The van der Waals surface area contributed by atoms with Crippen LogP contribution in [0.25, 0.3) is 0 Å². The Kier molecular flexibility index (Phi) is 4.58. The van der Waals surface area contributed by atoms with Gasteiger partial charge >= 0.3 is 0 Å². The third kappa shape index (κ3) is 3.71. The maximum atomic E-state index is 5.57. The van der Waals surface area contributed by atoms with Gasteiger partial charge in [-0.2, -0.15) is 0 Å². The van der Waals surface area contributed by atoms with Gasteiger partial charge in [-0.05, 0) is 38.5 Å². The summed E-state index contributed by atoms with van der Waals surface area (Å²) in [7, 11) is 2.16. The molecule has 1 aromatic rings. The van der Waals surface area contributed by atoms with Crippen molar-refractivity contribution in [3.05, 3.63) is 10.6 Å². The molecule has 1 atom stereocenters. The fourth-order valence-electron chi connectivity index (χ4n) is 2.68. The first-order chi connectivity index (χ1) is 9.72. The Morgan fingerprint density at radius 2 is 2.25 bits per heavy atom. The van der Waals surface area contributed by atoms with Crippen LogP contribution in [0.2, 0.25) is 0 Å². The molecule has 1 aromatic heterocycles. The van der Waals surface area contributed by atoms with Gasteiger partial charge in [-0.25, -0.2) is 4.98 Å². The molecule has 2 heterocycles. The molecule has 1 unspecified atom stereocenters. The van der Waals surface area contributed by atoms with Crippen molar-refractivity contribution in [2.45, 2.75) is 45.2 Å². The number of nitrogens with zero attached hydrogens (tertiary/aromatic N) is 2. The van der Waals surface area contributed by atoms with E-state index in [9.17, 15) is 0 Å². The quantitative estimate of drug-likeness (QED) is 0.875. The molecule has 3 rings (SSSR count). The smallest absolute Gasteiger partial charge is 0.185 e. The van der Waals surface area contributed by atoms with Crippen molar-refractivity contribution < 1.29 is 4.74 Å². The molecular formula is C15H25N3OS. The van der Waals surface area contributed by atoms with Crippen LogP contribution in [0.3, 0.4) is 0 Å². The summed E-state index contributed by atoms with van der Waals surface area (Å²) in [5.41, 5.74) is 1.19. The fourth-order valence-corrected chi connectivity index (χ4v) is 3.66. The maximum absolute atomic E-state index is 5.57. The highest BCUT2D eigenvalue weighted by atomic mass is 32.1. The number of hydrogen-bond acceptors (Lipinski definition) is 5. The summed E-state index contributed by atoms with van der Waals surface area (Å²) in [6.45, 7) is 6.01. The Morgan fingerprint density at radius 3 is 2.95 bits per heavy atom. The van der Waals surface area contributed by atoms with Crippen molar-refractivity contribution in [1.29, 1.82) is 0 Å². The van der Waals surface area contributed by atoms with Crippen LogP contribution in [-0.2, 0) is 11.3 Å². The molecule has 4 nitrogen and oxygen atoms in total. The molecule has 1 aliphatic carbocycles. The molecule has 1 saturated carbocycles. The maximum Gasteiger partial charge on any atom is 0.185 e. The minimum Gasteiger partial charge on any atom is -0.381 e. The monoisotopic (exact) mass is 295 g/mol. The standard InChI is InChI=1S/C15H25N3OS/c1-11-14(8-16-13-5-6-13)20-15(17-11)18(2)9-12-4-3-7-19-10-12/h12-13,16H,3-10H2,1-2H3. The van der Waals surface area contributed by atoms with E-state index in [2.05, 4.69) is 24.2 Å². The zero-order chi connectivity index (χ0) is 13.9. The molecule has 0 aromatic carbocycles. The van der Waals surface area contributed by atoms with Crippen molar-refractivity contribution in [1.82, 2.24) is 10.3 Å². The summed E-state index contributed by atoms with van der Waals surface area (Å²) in [4.78, 5) is 8.43. The zero-order valence-corrected chi connectivity index (χ0v) is 13.3. The largest absolute Gasteiger partial charge is 0.381 e. The van der Waals surface area contributed by atoms with E-state index in [-0.39, 0.29) is 0 Å². The van der Waals surface area contributed by atoms with Crippen LogP contribution in [0.15, 0.2) is 0 Å². The molecule has 1 saturated heterocycles. The molecule has 5 heteroatoms. The fraction of sp³-hybridized carbons (Fsp3) is 0.800. The highest BCUT2D eigenvalue weighted by molar-refractivity contribution is 7.15. The van der Waals surface area contributed by atoms with Crippen molar-refractivity contribution in [2.75, 3.05) is 31.7 Å². The van der Waals surface area contributed by atoms with Gasteiger partial charge in [0.05, 0.1) is 12.3 Å². The Bertz CT molecular complexity index is 438. The summed E-state index contributed by atoms with van der Waals surface area (Å²) in [6, 6.07) is 0.761. The number of aromatic nitrogens is 1. The lowest BCUT2D eigenvalue weighted by atomic mass is 10.0.